The van der Waals surface area contributed by atoms with Gasteiger partial charge in [-0.15, -0.1) is 11.3 Å². The molecule has 2 heterocycles. The van der Waals surface area contributed by atoms with Gasteiger partial charge in [0.15, 0.2) is 0 Å². The third kappa shape index (κ3) is 2.39. The van der Waals surface area contributed by atoms with E-state index in [-0.39, 0.29) is 11.7 Å². The molecular weight excluding hydrogens is 348 g/mol. The third-order valence-corrected chi connectivity index (χ3v) is 5.40. The van der Waals surface area contributed by atoms with Gasteiger partial charge in [0.05, 0.1) is 17.8 Å². The highest BCUT2D eigenvalue weighted by Crippen LogP contribution is 2.43. The molecule has 1 aliphatic heterocycles. The van der Waals surface area contributed by atoms with E-state index in [4.69, 9.17) is 12.3 Å². The van der Waals surface area contributed by atoms with Crippen LogP contribution in [0.1, 0.15) is 21.5 Å². The summed E-state index contributed by atoms with van der Waals surface area (Å²) in [5, 5.41) is 13.9. The van der Waals surface area contributed by atoms with E-state index >= 15 is 0 Å². The van der Waals surface area contributed by atoms with Crippen LogP contribution in [0, 0.1) is 13.5 Å². The molecule has 6 nitrogen and oxygen atoms in total. The number of thiazole rings is 1. The number of carbonyl (C=O) groups is 1. The minimum absolute atomic E-state index is 0.126. The van der Waals surface area contributed by atoms with E-state index in [2.05, 4.69) is 15.1 Å². The molecule has 2 aromatic carbocycles. The second-order valence-corrected chi connectivity index (χ2v) is 7.05. The summed E-state index contributed by atoms with van der Waals surface area (Å²) in [6.45, 7) is 9.44. The smallest absolute Gasteiger partial charge is 0.260 e. The number of phenols is 1. The van der Waals surface area contributed by atoms with Crippen molar-refractivity contribution in [1.29, 1.82) is 0 Å². The van der Waals surface area contributed by atoms with Crippen LogP contribution in [-0.4, -0.2) is 16.0 Å². The first-order valence-electron chi connectivity index (χ1n) is 7.86. The van der Waals surface area contributed by atoms with Crippen molar-refractivity contribution in [2.75, 3.05) is 5.73 Å². The maximum absolute atomic E-state index is 12.4. The maximum Gasteiger partial charge on any atom is 0.260 e. The Labute approximate surface area is 153 Å². The summed E-state index contributed by atoms with van der Waals surface area (Å²) in [5.41, 5.74) is 11.1. The molecule has 1 amide bonds. The zero-order chi connectivity index (χ0) is 18.4. The molecule has 3 aromatic rings. The Hall–Kier alpha value is -3.37. The van der Waals surface area contributed by atoms with Crippen LogP contribution < -0.4 is 11.1 Å². The standard InChI is InChI=1S/C19H14N4O2S/c1-9-3-4-10(24)5-11(9)12-6-13(19-23-8-15(21-2)26-19)14-7-22-18(25)16(14)17(12)20/h3-6,8,24H,7,20H2,1H3,(H,22,25). The number of amides is 1. The average molecular weight is 362 g/mol. The predicted molar refractivity (Wildman–Crippen MR) is 101 cm³/mol. The number of hydrogen-bond acceptors (Lipinski definition) is 5. The zero-order valence-corrected chi connectivity index (χ0v) is 14.6. The average Bonchev–Trinajstić information content (AvgIpc) is 3.25. The third-order valence-electron chi connectivity index (χ3n) is 4.47. The van der Waals surface area contributed by atoms with E-state index < -0.39 is 0 Å². The molecule has 26 heavy (non-hydrogen) atoms. The Bertz CT molecular complexity index is 1110. The van der Waals surface area contributed by atoms with E-state index in [0.717, 1.165) is 22.3 Å². The number of fused-ring (bicyclic) bond motifs is 1. The molecule has 0 spiro atoms. The van der Waals surface area contributed by atoms with Gasteiger partial charge in [0, 0.05) is 23.9 Å². The lowest BCUT2D eigenvalue weighted by molar-refractivity contribution is 0.0966. The first-order valence-corrected chi connectivity index (χ1v) is 8.68. The minimum atomic E-state index is -0.222. The summed E-state index contributed by atoms with van der Waals surface area (Å²) in [6.07, 6.45) is 1.53. The zero-order valence-electron chi connectivity index (χ0n) is 13.8. The highest BCUT2D eigenvalue weighted by Gasteiger charge is 2.29. The highest BCUT2D eigenvalue weighted by molar-refractivity contribution is 7.19. The number of aromatic hydroxyl groups is 1. The molecule has 0 fully saturated rings. The van der Waals surface area contributed by atoms with Gasteiger partial charge >= 0.3 is 0 Å². The summed E-state index contributed by atoms with van der Waals surface area (Å²) in [5.74, 6) is -0.0959. The number of hydrogen-bond donors (Lipinski definition) is 3. The Morgan fingerprint density at radius 2 is 2.12 bits per heavy atom. The van der Waals surface area contributed by atoms with Crippen LogP contribution in [0.3, 0.4) is 0 Å². The molecule has 0 radical (unpaired) electrons. The monoisotopic (exact) mass is 362 g/mol. The van der Waals surface area contributed by atoms with Gasteiger partial charge in [0.1, 0.15) is 10.8 Å². The van der Waals surface area contributed by atoms with Crippen LogP contribution in [0.15, 0.2) is 30.5 Å². The van der Waals surface area contributed by atoms with E-state index in [1.54, 1.807) is 18.2 Å². The van der Waals surface area contributed by atoms with Crippen LogP contribution in [0.4, 0.5) is 10.7 Å². The topological polar surface area (TPSA) is 92.6 Å². The molecule has 7 heteroatoms. The van der Waals surface area contributed by atoms with Crippen LogP contribution in [0.25, 0.3) is 26.5 Å². The van der Waals surface area contributed by atoms with E-state index in [1.165, 1.54) is 17.5 Å². The predicted octanol–water partition coefficient (Wildman–Crippen LogP) is 3.87. The number of aromatic nitrogens is 1. The first-order chi connectivity index (χ1) is 12.5. The van der Waals surface area contributed by atoms with Gasteiger partial charge in [-0.1, -0.05) is 6.07 Å². The van der Waals surface area contributed by atoms with Crippen molar-refractivity contribution in [3.8, 4) is 27.4 Å². The lowest BCUT2D eigenvalue weighted by Gasteiger charge is -2.15. The molecule has 4 N–H and O–H groups in total. The fourth-order valence-corrected chi connectivity index (χ4v) is 3.94. The number of benzene rings is 2. The molecule has 0 atom stereocenters. The molecule has 1 aliphatic rings. The fraction of sp³-hybridized carbons (Fsp3) is 0.105. The molecule has 0 saturated carbocycles. The largest absolute Gasteiger partial charge is 0.508 e. The number of rotatable bonds is 2. The van der Waals surface area contributed by atoms with E-state index in [0.29, 0.717) is 33.4 Å². The van der Waals surface area contributed by atoms with E-state index in [9.17, 15) is 9.90 Å². The molecule has 0 bridgehead atoms. The Morgan fingerprint density at radius 3 is 2.85 bits per heavy atom. The van der Waals surface area contributed by atoms with Gasteiger partial charge in [-0.2, -0.15) is 0 Å². The lowest BCUT2D eigenvalue weighted by atomic mass is 9.91. The van der Waals surface area contributed by atoms with Gasteiger partial charge in [0.25, 0.3) is 10.9 Å². The van der Waals surface area contributed by atoms with Crippen molar-refractivity contribution >= 4 is 27.9 Å². The Morgan fingerprint density at radius 1 is 1.31 bits per heavy atom. The molecule has 128 valence electrons. The molecular formula is C19H14N4O2S. The second-order valence-electron chi connectivity index (χ2n) is 6.04. The highest BCUT2D eigenvalue weighted by atomic mass is 32.1. The summed E-state index contributed by atoms with van der Waals surface area (Å²) >= 11 is 1.28. The van der Waals surface area contributed by atoms with Crippen molar-refractivity contribution < 1.29 is 9.90 Å². The fourth-order valence-electron chi connectivity index (χ4n) is 3.20. The molecule has 0 unspecified atom stereocenters. The Kier molecular flexibility index (Phi) is 3.63. The van der Waals surface area contributed by atoms with Crippen LogP contribution in [-0.2, 0) is 6.54 Å². The number of aryl methyl sites for hydroxylation is 1. The first kappa shape index (κ1) is 16.1. The van der Waals surface area contributed by atoms with Crippen molar-refractivity contribution in [1.82, 2.24) is 10.3 Å². The van der Waals surface area contributed by atoms with Gasteiger partial charge in [-0.3, -0.25) is 9.78 Å². The second kappa shape index (κ2) is 5.86. The number of nitrogens with zero attached hydrogens (tertiary/aromatic N) is 2. The van der Waals surface area contributed by atoms with Gasteiger partial charge in [-0.05, 0) is 41.8 Å². The number of anilines is 1. The van der Waals surface area contributed by atoms with Crippen molar-refractivity contribution in [3.05, 3.63) is 58.6 Å². The van der Waals surface area contributed by atoms with Crippen molar-refractivity contribution in [3.63, 3.8) is 0 Å². The van der Waals surface area contributed by atoms with Crippen LogP contribution >= 0.6 is 11.3 Å². The number of phenolic OH excluding ortho intramolecular Hbond substituents is 1. The van der Waals surface area contributed by atoms with Gasteiger partial charge < -0.3 is 16.2 Å². The molecule has 4 rings (SSSR count). The summed E-state index contributed by atoms with van der Waals surface area (Å²) in [7, 11) is 0. The number of nitrogens with two attached hydrogens (primary N) is 1. The number of nitrogens with one attached hydrogen (secondary N) is 1. The van der Waals surface area contributed by atoms with Crippen molar-refractivity contribution in [2.45, 2.75) is 13.5 Å². The Balaban J connectivity index is 2.03. The van der Waals surface area contributed by atoms with E-state index in [1.807, 2.05) is 13.0 Å². The normalized spacial score (nSPS) is 12.5. The van der Waals surface area contributed by atoms with Crippen LogP contribution in [0.2, 0.25) is 0 Å². The maximum atomic E-state index is 12.4. The number of carbonyl (C=O) groups excluding carboxylic acids is 1. The summed E-state index contributed by atoms with van der Waals surface area (Å²) < 4.78 is 0. The summed E-state index contributed by atoms with van der Waals surface area (Å²) in [6, 6.07) is 6.94. The summed E-state index contributed by atoms with van der Waals surface area (Å²) in [4.78, 5) is 20.1. The minimum Gasteiger partial charge on any atom is -0.508 e. The quantitative estimate of drug-likeness (QED) is 0.477. The number of nitrogen functional groups attached to an aromatic ring is 1. The lowest BCUT2D eigenvalue weighted by Crippen LogP contribution is -2.13. The molecule has 0 aliphatic carbocycles. The molecule has 1 aromatic heterocycles. The molecule has 0 saturated heterocycles. The van der Waals surface area contributed by atoms with Crippen molar-refractivity contribution in [2.24, 2.45) is 0 Å². The van der Waals surface area contributed by atoms with Gasteiger partial charge in [0.2, 0.25) is 0 Å². The van der Waals surface area contributed by atoms with Gasteiger partial charge in [-0.25, -0.2) is 4.85 Å². The van der Waals surface area contributed by atoms with Crippen LogP contribution in [0.5, 0.6) is 5.75 Å². The SMILES string of the molecule is [C-]#[N+]c1cnc(-c2cc(-c3cc(O)ccc3C)c(N)c3c2CNC3=O)s1.